The van der Waals surface area contributed by atoms with Gasteiger partial charge in [0.25, 0.3) is 0 Å². The Kier molecular flexibility index (Phi) is 12.5. The third kappa shape index (κ3) is 8.60. The molecule has 0 spiro atoms. The topological polar surface area (TPSA) is 34.1 Å². The Hall–Kier alpha value is -7.07. The van der Waals surface area contributed by atoms with E-state index in [0.29, 0.717) is 32.2 Å². The van der Waals surface area contributed by atoms with Crippen LogP contribution in [0.5, 0.6) is 0 Å². The molecule has 0 aliphatic carbocycles. The molecule has 0 fully saturated rings. The van der Waals surface area contributed by atoms with Gasteiger partial charge in [-0.2, -0.15) is 0 Å². The van der Waals surface area contributed by atoms with Gasteiger partial charge in [-0.1, -0.05) is 72.8 Å². The smallest absolute Gasteiger partial charge is 0.209 e. The van der Waals surface area contributed by atoms with E-state index in [1.807, 2.05) is 36.4 Å². The van der Waals surface area contributed by atoms with Gasteiger partial charge in [0.1, 0.15) is 0 Å². The Morgan fingerprint density at radius 3 is 1.06 bits per heavy atom. The summed E-state index contributed by atoms with van der Waals surface area (Å²) in [4.78, 5) is 0.0608. The van der Waals surface area contributed by atoms with E-state index >= 15 is 8.42 Å². The van der Waals surface area contributed by atoms with Gasteiger partial charge < -0.3 is 0 Å². The highest BCUT2D eigenvalue weighted by Gasteiger charge is 2.32. The molecule has 49 heavy (non-hydrogen) atoms. The lowest BCUT2D eigenvalue weighted by atomic mass is 10.1. The molecule has 4 rings (SSSR count). The van der Waals surface area contributed by atoms with Gasteiger partial charge in [-0.3, -0.25) is 0 Å². The number of benzene rings is 4. The van der Waals surface area contributed by atoms with Gasteiger partial charge in [0, 0.05) is 21.4 Å². The first-order valence-electron chi connectivity index (χ1n) is 13.7. The van der Waals surface area contributed by atoms with Crippen LogP contribution in [-0.2, 0) is 9.84 Å². The van der Waals surface area contributed by atoms with Crippen molar-refractivity contribution in [3.63, 3.8) is 0 Å². The van der Waals surface area contributed by atoms with Gasteiger partial charge >= 0.3 is 0 Å². The summed E-state index contributed by atoms with van der Waals surface area (Å²) < 4.78 is 30.9. The summed E-state index contributed by atoms with van der Waals surface area (Å²) >= 11 is 0. The summed E-state index contributed by atoms with van der Waals surface area (Å²) in [5.41, 5.74) is 12.1. The lowest BCUT2D eigenvalue weighted by Gasteiger charge is -2.19. The molecule has 0 N–H and O–H groups in total. The number of fused-ring (bicyclic) bond motifs is 2. The Morgan fingerprint density at radius 1 is 0.408 bits per heavy atom. The molecule has 0 saturated heterocycles. The molecule has 0 bridgehead atoms. The summed E-state index contributed by atoms with van der Waals surface area (Å²) in [5.74, 6) is 39.8. The summed E-state index contributed by atoms with van der Waals surface area (Å²) in [6, 6.07) is 21.4. The first-order chi connectivity index (χ1) is 24.0. The Bertz CT molecular complexity index is 2550. The molecular weight excluding hydrogens is 654 g/mol. The predicted octanol–water partition coefficient (Wildman–Crippen LogP) is 5.43. The minimum atomic E-state index is -4.40. The summed E-state index contributed by atoms with van der Waals surface area (Å²) in [5, 5.41) is 3.08. The van der Waals surface area contributed by atoms with E-state index in [1.54, 1.807) is 36.4 Å². The highest BCUT2D eigenvalue weighted by molar-refractivity contribution is 7.94. The van der Waals surface area contributed by atoms with Crippen molar-refractivity contribution in [3.8, 4) is 143 Å². The van der Waals surface area contributed by atoms with E-state index in [-0.39, 0.29) is 9.79 Å². The van der Waals surface area contributed by atoms with Crippen LogP contribution in [-0.4, -0.2) is 8.42 Å². The molecule has 0 heterocycles. The Morgan fingerprint density at radius 2 is 0.735 bits per heavy atom. The van der Waals surface area contributed by atoms with Gasteiger partial charge in [0.05, 0.1) is 25.6 Å². The standard InChI is InChI=1S/C44H16O2P2S/c1-5-9-13-21-33-47(34-22-14-10-6-2)41-31-29-37-25-17-19-27-39(37)43(41)49(45,46)44-40-28-20-18-26-38(40)30-32-42(44)48(35-23-15-11-7-3)36-24-16-12-8-4/h1-4,17-20,25-32H. The van der Waals surface area contributed by atoms with Crippen molar-refractivity contribution in [1.29, 1.82) is 0 Å². The maximum absolute atomic E-state index is 15.4. The molecule has 0 unspecified atom stereocenters. The van der Waals surface area contributed by atoms with E-state index in [1.165, 1.54) is 0 Å². The number of terminal acetylenes is 4. The number of rotatable bonds is 4. The maximum Gasteiger partial charge on any atom is 0.209 e. The maximum atomic E-state index is 15.4. The van der Waals surface area contributed by atoms with Crippen LogP contribution in [0.4, 0.5) is 0 Å². The minimum absolute atomic E-state index is 0.0304. The molecule has 220 valence electrons. The zero-order valence-electron chi connectivity index (χ0n) is 25.4. The molecule has 0 aliphatic heterocycles. The van der Waals surface area contributed by atoms with Crippen LogP contribution in [0.3, 0.4) is 0 Å². The fraction of sp³-hybridized carbons (Fsp3) is 0. The van der Waals surface area contributed by atoms with Gasteiger partial charge in [-0.05, 0) is 128 Å². The van der Waals surface area contributed by atoms with Crippen molar-refractivity contribution < 1.29 is 8.42 Å². The van der Waals surface area contributed by atoms with E-state index in [2.05, 4.69) is 117 Å². The fourth-order valence-electron chi connectivity index (χ4n) is 4.38. The molecule has 0 aromatic heterocycles. The summed E-state index contributed by atoms with van der Waals surface area (Å²) in [7, 11) is -8.00. The number of hydrogen-bond acceptors (Lipinski definition) is 2. The SMILES string of the molecule is C#CC#CC#CP(C#CC#CC#C)c1ccc2ccccc2c1S(=O)(=O)c1c(P(C#CC#CC#C)C#CC#CC#C)ccc2ccccc12. The second-order valence-corrected chi connectivity index (χ2v) is 14.0. The van der Waals surface area contributed by atoms with E-state index in [0.717, 1.165) is 0 Å². The van der Waals surface area contributed by atoms with Crippen molar-refractivity contribution in [2.45, 2.75) is 9.79 Å². The zero-order chi connectivity index (χ0) is 34.9. The lowest BCUT2D eigenvalue weighted by Crippen LogP contribution is -2.20. The second kappa shape index (κ2) is 17.6. The van der Waals surface area contributed by atoms with Gasteiger partial charge in [0.2, 0.25) is 9.84 Å². The molecule has 0 atom stereocenters. The molecule has 4 aromatic rings. The first-order valence-corrected chi connectivity index (χ1v) is 17.9. The quantitative estimate of drug-likeness (QED) is 0.215. The van der Waals surface area contributed by atoms with Crippen molar-refractivity contribution >= 4 is 57.8 Å². The van der Waals surface area contributed by atoms with Crippen molar-refractivity contribution in [3.05, 3.63) is 72.8 Å². The highest BCUT2D eigenvalue weighted by atomic mass is 32.2. The van der Waals surface area contributed by atoms with Gasteiger partial charge in [-0.25, -0.2) is 8.42 Å². The van der Waals surface area contributed by atoms with Crippen LogP contribution in [0.15, 0.2) is 82.6 Å². The third-order valence-electron chi connectivity index (χ3n) is 6.20. The second-order valence-electron chi connectivity index (χ2n) is 8.97. The van der Waals surface area contributed by atoms with E-state index in [9.17, 15) is 0 Å². The Labute approximate surface area is 290 Å². The highest BCUT2D eigenvalue weighted by Crippen LogP contribution is 2.43. The van der Waals surface area contributed by atoms with Gasteiger partial charge in [0.15, 0.2) is 0 Å². The van der Waals surface area contributed by atoms with Crippen LogP contribution < -0.4 is 10.6 Å². The largest absolute Gasteiger partial charge is 0.218 e. The van der Waals surface area contributed by atoms with Crippen LogP contribution in [0.1, 0.15) is 0 Å². The summed E-state index contributed by atoms with van der Waals surface area (Å²) in [6.07, 6.45) is 21.1. The van der Waals surface area contributed by atoms with Crippen LogP contribution in [0.2, 0.25) is 0 Å². The molecule has 0 saturated carbocycles. The molecular formula is C44H16O2P2S. The van der Waals surface area contributed by atoms with Crippen LogP contribution in [0.25, 0.3) is 21.5 Å². The van der Waals surface area contributed by atoms with Crippen LogP contribution in [0, 0.1) is 143 Å². The van der Waals surface area contributed by atoms with Gasteiger partial charge in [-0.15, -0.1) is 25.7 Å². The average Bonchev–Trinajstić information content (AvgIpc) is 3.12. The van der Waals surface area contributed by atoms with Crippen LogP contribution >= 0.6 is 15.8 Å². The lowest BCUT2D eigenvalue weighted by molar-refractivity contribution is 0.599. The third-order valence-corrected chi connectivity index (χ3v) is 11.5. The van der Waals surface area contributed by atoms with Crippen molar-refractivity contribution in [2.75, 3.05) is 0 Å². The van der Waals surface area contributed by atoms with Crippen molar-refractivity contribution in [2.24, 2.45) is 0 Å². The Balaban J connectivity index is 2.19. The number of sulfone groups is 1. The van der Waals surface area contributed by atoms with E-state index < -0.39 is 25.7 Å². The predicted molar refractivity (Wildman–Crippen MR) is 204 cm³/mol. The molecule has 0 amide bonds. The molecule has 5 heteroatoms. The molecule has 4 aromatic carbocycles. The monoisotopic (exact) mass is 670 g/mol. The first kappa shape index (κ1) is 34.8. The molecule has 0 radical (unpaired) electrons. The normalized spacial score (nSPS) is 8.78. The average molecular weight is 671 g/mol. The fourth-order valence-corrected chi connectivity index (χ4v) is 9.85. The van der Waals surface area contributed by atoms with E-state index in [4.69, 9.17) is 25.7 Å². The molecule has 0 aliphatic rings. The zero-order valence-corrected chi connectivity index (χ0v) is 28.0. The summed E-state index contributed by atoms with van der Waals surface area (Å²) in [6.45, 7) is 0. The minimum Gasteiger partial charge on any atom is -0.218 e. The molecule has 2 nitrogen and oxygen atoms in total. The number of hydrogen-bond donors (Lipinski definition) is 0. The van der Waals surface area contributed by atoms with Crippen molar-refractivity contribution in [1.82, 2.24) is 0 Å².